The molecule has 25 heavy (non-hydrogen) atoms. The van der Waals surface area contributed by atoms with Gasteiger partial charge in [-0.05, 0) is 43.0 Å². The number of carbonyl (C=O) groups excluding carboxylic acids is 2. The fraction of sp³-hybridized carbons (Fsp3) is 0.222. The van der Waals surface area contributed by atoms with Crippen LogP contribution in [0.4, 0.5) is 4.79 Å². The first-order valence-corrected chi connectivity index (χ1v) is 9.56. The van der Waals surface area contributed by atoms with Crippen LogP contribution in [0.3, 0.4) is 0 Å². The molecule has 4 nitrogen and oxygen atoms in total. The van der Waals surface area contributed by atoms with Crippen molar-refractivity contribution in [3.8, 4) is 0 Å². The minimum atomic E-state index is -1.21. The number of benzene rings is 2. The Hall–Kier alpha value is -1.69. The molecule has 0 saturated carbocycles. The van der Waals surface area contributed by atoms with Crippen molar-refractivity contribution >= 4 is 46.9 Å². The fourth-order valence-electron chi connectivity index (χ4n) is 2.83. The van der Waals surface area contributed by atoms with Crippen LogP contribution in [-0.4, -0.2) is 23.1 Å². The fourth-order valence-corrected chi connectivity index (χ4v) is 3.84. The van der Waals surface area contributed by atoms with Crippen molar-refractivity contribution in [3.63, 3.8) is 0 Å². The van der Waals surface area contributed by atoms with E-state index in [0.29, 0.717) is 15.6 Å². The van der Waals surface area contributed by atoms with Gasteiger partial charge < -0.3 is 5.32 Å². The number of nitrogens with zero attached hydrogens (tertiary/aromatic N) is 1. The minimum absolute atomic E-state index is 0.208. The predicted molar refractivity (Wildman–Crippen MR) is 101 cm³/mol. The third kappa shape index (κ3) is 3.36. The third-order valence-corrected chi connectivity index (χ3v) is 5.54. The van der Waals surface area contributed by atoms with Crippen LogP contribution in [0, 0.1) is 0 Å². The first-order chi connectivity index (χ1) is 11.8. The number of imide groups is 1. The topological polar surface area (TPSA) is 49.4 Å². The van der Waals surface area contributed by atoms with E-state index in [1.54, 1.807) is 36.9 Å². The summed E-state index contributed by atoms with van der Waals surface area (Å²) in [6, 6.07) is 12.2. The largest absolute Gasteiger partial charge is 0.325 e. The summed E-state index contributed by atoms with van der Waals surface area (Å²) >= 11 is 13.8. The summed E-state index contributed by atoms with van der Waals surface area (Å²) in [5.41, 5.74) is 0.197. The Balaban J connectivity index is 1.88. The molecule has 1 fully saturated rings. The molecule has 1 saturated heterocycles. The molecule has 0 aromatic heterocycles. The van der Waals surface area contributed by atoms with Crippen LogP contribution in [0.15, 0.2) is 47.4 Å². The average molecular weight is 395 g/mol. The van der Waals surface area contributed by atoms with Crippen molar-refractivity contribution in [1.82, 2.24) is 10.2 Å². The molecule has 130 valence electrons. The molecule has 3 rings (SSSR count). The highest BCUT2D eigenvalue weighted by atomic mass is 35.5. The van der Waals surface area contributed by atoms with Crippen molar-refractivity contribution in [2.45, 2.75) is 23.9 Å². The monoisotopic (exact) mass is 394 g/mol. The van der Waals surface area contributed by atoms with Gasteiger partial charge >= 0.3 is 6.03 Å². The van der Waals surface area contributed by atoms with E-state index in [4.69, 9.17) is 23.2 Å². The smallest absolute Gasteiger partial charge is 0.319 e. The molecule has 0 radical (unpaired) electrons. The van der Waals surface area contributed by atoms with E-state index in [2.05, 4.69) is 5.32 Å². The number of urea groups is 1. The van der Waals surface area contributed by atoms with E-state index in [-0.39, 0.29) is 12.5 Å². The number of amides is 3. The second-order valence-corrected chi connectivity index (χ2v) is 7.64. The molecule has 0 aliphatic carbocycles. The Morgan fingerprint density at radius 2 is 1.80 bits per heavy atom. The Labute approximate surface area is 160 Å². The van der Waals surface area contributed by atoms with Crippen molar-refractivity contribution in [3.05, 3.63) is 63.6 Å². The maximum absolute atomic E-state index is 12.9. The average Bonchev–Trinajstić information content (AvgIpc) is 2.79. The molecule has 3 amide bonds. The quantitative estimate of drug-likeness (QED) is 0.604. The van der Waals surface area contributed by atoms with Crippen LogP contribution in [0.25, 0.3) is 0 Å². The van der Waals surface area contributed by atoms with Gasteiger partial charge in [-0.25, -0.2) is 4.79 Å². The number of hydrogen-bond donors (Lipinski definition) is 1. The number of carbonyl (C=O) groups is 2. The Morgan fingerprint density at radius 3 is 2.40 bits per heavy atom. The number of rotatable bonds is 4. The van der Waals surface area contributed by atoms with Gasteiger partial charge in [-0.2, -0.15) is 0 Å². The van der Waals surface area contributed by atoms with Crippen LogP contribution in [0.5, 0.6) is 0 Å². The lowest BCUT2D eigenvalue weighted by atomic mass is 9.92. The maximum atomic E-state index is 12.9. The van der Waals surface area contributed by atoms with Gasteiger partial charge in [-0.3, -0.25) is 9.69 Å². The van der Waals surface area contributed by atoms with Gasteiger partial charge in [0.1, 0.15) is 5.54 Å². The van der Waals surface area contributed by atoms with E-state index in [1.807, 2.05) is 30.5 Å². The molecule has 0 unspecified atom stereocenters. The van der Waals surface area contributed by atoms with E-state index in [9.17, 15) is 9.59 Å². The zero-order valence-corrected chi connectivity index (χ0v) is 16.0. The lowest BCUT2D eigenvalue weighted by Gasteiger charge is -2.23. The van der Waals surface area contributed by atoms with Gasteiger partial charge in [0.05, 0.1) is 6.54 Å². The van der Waals surface area contributed by atoms with Gasteiger partial charge in [0, 0.05) is 20.5 Å². The molecule has 1 heterocycles. The Kier molecular flexibility index (Phi) is 5.00. The zero-order valence-electron chi connectivity index (χ0n) is 13.7. The SMILES string of the molecule is CSc1ccc(CN2C(=O)N[C@@](C)(c3ccc(Cl)cc3Cl)C2=O)cc1. The second kappa shape index (κ2) is 6.90. The molecule has 1 aliphatic heterocycles. The summed E-state index contributed by atoms with van der Waals surface area (Å²) < 4.78 is 0. The maximum Gasteiger partial charge on any atom is 0.325 e. The van der Waals surface area contributed by atoms with Crippen LogP contribution in [0.2, 0.25) is 10.0 Å². The first-order valence-electron chi connectivity index (χ1n) is 7.57. The standard InChI is InChI=1S/C18H16Cl2N2O2S/c1-18(14-8-5-12(19)9-15(14)20)16(23)22(17(24)21-18)10-11-3-6-13(25-2)7-4-11/h3-9H,10H2,1-2H3,(H,21,24)/t18-/m0/s1. The summed E-state index contributed by atoms with van der Waals surface area (Å²) in [4.78, 5) is 27.7. The van der Waals surface area contributed by atoms with Gasteiger partial charge in [0.2, 0.25) is 0 Å². The van der Waals surface area contributed by atoms with Crippen LogP contribution >= 0.6 is 35.0 Å². The second-order valence-electron chi connectivity index (χ2n) is 5.92. The highest BCUT2D eigenvalue weighted by Gasteiger charge is 2.49. The van der Waals surface area contributed by atoms with Gasteiger partial charge in [-0.1, -0.05) is 41.4 Å². The minimum Gasteiger partial charge on any atom is -0.319 e. The van der Waals surface area contributed by atoms with Gasteiger partial charge in [0.25, 0.3) is 5.91 Å². The van der Waals surface area contributed by atoms with Crippen molar-refractivity contribution in [1.29, 1.82) is 0 Å². The summed E-state index contributed by atoms with van der Waals surface area (Å²) in [6.07, 6.45) is 1.99. The molecule has 0 spiro atoms. The Morgan fingerprint density at radius 1 is 1.12 bits per heavy atom. The van der Waals surface area contributed by atoms with Crippen molar-refractivity contribution < 1.29 is 9.59 Å². The van der Waals surface area contributed by atoms with Crippen LogP contribution in [0.1, 0.15) is 18.1 Å². The molecule has 2 aromatic rings. The highest BCUT2D eigenvalue weighted by molar-refractivity contribution is 7.98. The summed E-state index contributed by atoms with van der Waals surface area (Å²) in [6.45, 7) is 1.86. The predicted octanol–water partition coefficient (Wildman–Crippen LogP) is 4.68. The molecule has 0 bridgehead atoms. The van der Waals surface area contributed by atoms with E-state index >= 15 is 0 Å². The van der Waals surface area contributed by atoms with Gasteiger partial charge in [-0.15, -0.1) is 11.8 Å². The summed E-state index contributed by atoms with van der Waals surface area (Å²) in [5.74, 6) is -0.337. The first kappa shape index (κ1) is 18.1. The molecule has 2 aromatic carbocycles. The van der Waals surface area contributed by atoms with Crippen LogP contribution < -0.4 is 5.32 Å². The number of thioether (sulfide) groups is 1. The van der Waals surface area contributed by atoms with Crippen LogP contribution in [-0.2, 0) is 16.9 Å². The highest BCUT2D eigenvalue weighted by Crippen LogP contribution is 2.35. The van der Waals surface area contributed by atoms with E-state index < -0.39 is 11.6 Å². The lowest BCUT2D eigenvalue weighted by molar-refractivity contribution is -0.131. The molecule has 1 aliphatic rings. The summed E-state index contributed by atoms with van der Waals surface area (Å²) in [7, 11) is 0. The molecule has 7 heteroatoms. The number of hydrogen-bond acceptors (Lipinski definition) is 3. The van der Waals surface area contributed by atoms with Crippen molar-refractivity contribution in [2.24, 2.45) is 0 Å². The van der Waals surface area contributed by atoms with Crippen molar-refractivity contribution in [2.75, 3.05) is 6.26 Å². The molecule has 1 atom stereocenters. The third-order valence-electron chi connectivity index (χ3n) is 4.24. The molecule has 1 N–H and O–H groups in total. The summed E-state index contributed by atoms with van der Waals surface area (Å²) in [5, 5.41) is 3.57. The van der Waals surface area contributed by atoms with E-state index in [1.165, 1.54) is 4.90 Å². The lowest BCUT2D eigenvalue weighted by Crippen LogP contribution is -2.41. The number of halogens is 2. The molecular weight excluding hydrogens is 379 g/mol. The van der Waals surface area contributed by atoms with E-state index in [0.717, 1.165) is 10.5 Å². The molecular formula is C18H16Cl2N2O2S. The van der Waals surface area contributed by atoms with Gasteiger partial charge in [0.15, 0.2) is 0 Å². The Bertz CT molecular complexity index is 841. The zero-order chi connectivity index (χ0) is 18.2. The number of nitrogens with one attached hydrogen (secondary N) is 1. The normalized spacial score (nSPS) is 20.1.